The zero-order valence-corrected chi connectivity index (χ0v) is 16.5. The molecule has 156 valence electrons. The molecule has 1 amide bonds. The number of aliphatic carboxylic acids is 1. The average Bonchev–Trinajstić information content (AvgIpc) is 2.77. The fraction of sp³-hybridized carbons (Fsp3) is 0.217. The second-order valence-electron chi connectivity index (χ2n) is 6.73. The summed E-state index contributed by atoms with van der Waals surface area (Å²) in [5.41, 5.74) is 6.08. The zero-order valence-electron chi connectivity index (χ0n) is 16.5. The number of carbonyl (C=O) groups is 4. The van der Waals surface area contributed by atoms with Crippen LogP contribution in [0.2, 0.25) is 0 Å². The van der Waals surface area contributed by atoms with Gasteiger partial charge in [-0.25, -0.2) is 4.79 Å². The van der Waals surface area contributed by atoms with E-state index in [0.717, 1.165) is 0 Å². The minimum atomic E-state index is -1.43. The summed E-state index contributed by atoms with van der Waals surface area (Å²) in [6, 6.07) is 13.8. The number of amides is 1. The van der Waals surface area contributed by atoms with Gasteiger partial charge in [0.1, 0.15) is 0 Å². The summed E-state index contributed by atoms with van der Waals surface area (Å²) in [7, 11) is 0. The van der Waals surface area contributed by atoms with Crippen LogP contribution in [0.4, 0.5) is 0 Å². The van der Waals surface area contributed by atoms with Crippen LogP contribution in [-0.2, 0) is 9.59 Å². The van der Waals surface area contributed by atoms with Crippen molar-refractivity contribution >= 4 is 23.4 Å². The molecule has 0 spiro atoms. The summed E-state index contributed by atoms with van der Waals surface area (Å²) in [5, 5.41) is 11.6. The molecule has 2 aromatic carbocycles. The number of carbonyl (C=O) groups excluding carboxylic acids is 3. The van der Waals surface area contributed by atoms with Crippen LogP contribution in [0.5, 0.6) is 0 Å². The Hall–Kier alpha value is -3.58. The number of hydrogen-bond donors (Lipinski definition) is 3. The molecule has 7 nitrogen and oxygen atoms in total. The molecule has 0 aliphatic carbocycles. The number of unbranched alkanes of at least 4 members (excludes halogenated alkanes) is 1. The molecule has 0 aliphatic heterocycles. The van der Waals surface area contributed by atoms with Crippen molar-refractivity contribution in [2.75, 3.05) is 6.54 Å². The van der Waals surface area contributed by atoms with E-state index in [0.29, 0.717) is 30.5 Å². The van der Waals surface area contributed by atoms with E-state index in [1.807, 2.05) is 6.07 Å². The Balaban J connectivity index is 2.12. The first-order valence-corrected chi connectivity index (χ1v) is 9.52. The predicted molar refractivity (Wildman–Crippen MR) is 112 cm³/mol. The van der Waals surface area contributed by atoms with Crippen molar-refractivity contribution in [3.05, 3.63) is 83.4 Å². The zero-order chi connectivity index (χ0) is 22.1. The highest BCUT2D eigenvalue weighted by Gasteiger charge is 2.26. The second-order valence-corrected chi connectivity index (χ2v) is 6.73. The summed E-state index contributed by atoms with van der Waals surface area (Å²) in [4.78, 5) is 48.5. The molecule has 0 heterocycles. The van der Waals surface area contributed by atoms with Crippen LogP contribution in [0.15, 0.2) is 66.7 Å². The van der Waals surface area contributed by atoms with Gasteiger partial charge in [0.25, 0.3) is 5.91 Å². The summed E-state index contributed by atoms with van der Waals surface area (Å²) in [6.07, 6.45) is 1.43. The van der Waals surface area contributed by atoms with Crippen LogP contribution in [0, 0.1) is 0 Å². The standard InChI is InChI=1S/C23H24N2O5/c1-15(23(29)30)20(26)19(9-5-6-14-24)25-22(28)18-12-10-17(11-13-18)21(27)16-7-3-2-4-8-16/h2-4,7-8,10-13,19H,1,5-6,9,14,24H2,(H,25,28)(H,29,30). The maximum absolute atomic E-state index is 12.6. The first kappa shape index (κ1) is 22.7. The molecule has 30 heavy (non-hydrogen) atoms. The predicted octanol–water partition coefficient (Wildman–Crippen LogP) is 2.35. The largest absolute Gasteiger partial charge is 0.478 e. The number of nitrogens with one attached hydrogen (secondary N) is 1. The van der Waals surface area contributed by atoms with Crippen LogP contribution in [-0.4, -0.2) is 41.1 Å². The maximum Gasteiger partial charge on any atom is 0.338 e. The monoisotopic (exact) mass is 408 g/mol. The number of ketones is 2. The van der Waals surface area contributed by atoms with E-state index in [1.165, 1.54) is 24.3 Å². The minimum absolute atomic E-state index is 0.171. The highest BCUT2D eigenvalue weighted by Crippen LogP contribution is 2.13. The Morgan fingerprint density at radius 2 is 1.47 bits per heavy atom. The van der Waals surface area contributed by atoms with Gasteiger partial charge >= 0.3 is 5.97 Å². The third-order valence-corrected chi connectivity index (χ3v) is 4.57. The normalized spacial score (nSPS) is 11.4. The van der Waals surface area contributed by atoms with Gasteiger partial charge in [0.05, 0.1) is 11.6 Å². The lowest BCUT2D eigenvalue weighted by molar-refractivity contribution is -0.135. The van der Waals surface area contributed by atoms with Crippen molar-refractivity contribution in [2.45, 2.75) is 25.3 Å². The molecule has 0 saturated carbocycles. The summed E-state index contributed by atoms with van der Waals surface area (Å²) < 4.78 is 0. The summed E-state index contributed by atoms with van der Waals surface area (Å²) in [5.74, 6) is -2.89. The average molecular weight is 408 g/mol. The number of rotatable bonds is 11. The van der Waals surface area contributed by atoms with Crippen molar-refractivity contribution in [1.82, 2.24) is 5.32 Å². The Morgan fingerprint density at radius 3 is 2.03 bits per heavy atom. The molecule has 1 unspecified atom stereocenters. The molecule has 0 aromatic heterocycles. The molecule has 2 rings (SSSR count). The van der Waals surface area contributed by atoms with Gasteiger partial charge in [0.15, 0.2) is 11.6 Å². The van der Waals surface area contributed by atoms with E-state index in [-0.39, 0.29) is 17.8 Å². The smallest absolute Gasteiger partial charge is 0.338 e. The van der Waals surface area contributed by atoms with Gasteiger partial charge in [0.2, 0.25) is 0 Å². The highest BCUT2D eigenvalue weighted by molar-refractivity contribution is 6.19. The lowest BCUT2D eigenvalue weighted by Gasteiger charge is -2.18. The van der Waals surface area contributed by atoms with Crippen LogP contribution in [0.25, 0.3) is 0 Å². The van der Waals surface area contributed by atoms with Crippen molar-refractivity contribution in [2.24, 2.45) is 5.73 Å². The van der Waals surface area contributed by atoms with Gasteiger partial charge in [-0.2, -0.15) is 0 Å². The molecule has 2 aromatic rings. The Morgan fingerprint density at radius 1 is 0.900 bits per heavy atom. The van der Waals surface area contributed by atoms with Gasteiger partial charge in [-0.3, -0.25) is 14.4 Å². The SMILES string of the molecule is C=C(C(=O)O)C(=O)C(CCCCN)NC(=O)c1ccc(C(=O)c2ccccc2)cc1. The van der Waals surface area contributed by atoms with Crippen LogP contribution >= 0.6 is 0 Å². The topological polar surface area (TPSA) is 127 Å². The number of Topliss-reactive ketones (excluding diaryl/α,β-unsaturated/α-hetero) is 1. The number of carboxylic acids is 1. The molecule has 0 radical (unpaired) electrons. The Labute approximate surface area is 174 Å². The summed E-state index contributed by atoms with van der Waals surface area (Å²) >= 11 is 0. The third-order valence-electron chi connectivity index (χ3n) is 4.57. The quantitative estimate of drug-likeness (QED) is 0.172. The van der Waals surface area contributed by atoms with Gasteiger partial charge in [0, 0.05) is 16.7 Å². The third kappa shape index (κ3) is 5.96. The van der Waals surface area contributed by atoms with Crippen molar-refractivity contribution < 1.29 is 24.3 Å². The first-order valence-electron chi connectivity index (χ1n) is 9.52. The van der Waals surface area contributed by atoms with E-state index in [2.05, 4.69) is 11.9 Å². The molecule has 7 heteroatoms. The van der Waals surface area contributed by atoms with Gasteiger partial charge < -0.3 is 16.2 Å². The first-order chi connectivity index (χ1) is 14.3. The number of carboxylic acid groups (broad SMARTS) is 1. The van der Waals surface area contributed by atoms with Crippen molar-refractivity contribution in [3.63, 3.8) is 0 Å². The van der Waals surface area contributed by atoms with E-state index < -0.39 is 29.3 Å². The highest BCUT2D eigenvalue weighted by atomic mass is 16.4. The molecular formula is C23H24N2O5. The molecule has 4 N–H and O–H groups in total. The molecule has 0 fully saturated rings. The second kappa shape index (κ2) is 10.8. The van der Waals surface area contributed by atoms with Gasteiger partial charge in [-0.05, 0) is 37.9 Å². The number of benzene rings is 2. The number of nitrogens with two attached hydrogens (primary N) is 1. The molecule has 1 atom stereocenters. The van der Waals surface area contributed by atoms with Gasteiger partial charge in [-0.15, -0.1) is 0 Å². The summed E-state index contributed by atoms with van der Waals surface area (Å²) in [6.45, 7) is 3.70. The van der Waals surface area contributed by atoms with Gasteiger partial charge in [-0.1, -0.05) is 49.0 Å². The molecule has 0 aliphatic rings. The van der Waals surface area contributed by atoms with Crippen molar-refractivity contribution in [3.8, 4) is 0 Å². The van der Waals surface area contributed by atoms with Crippen LogP contribution in [0.1, 0.15) is 45.5 Å². The van der Waals surface area contributed by atoms with E-state index >= 15 is 0 Å². The molecule has 0 saturated heterocycles. The molecular weight excluding hydrogens is 384 g/mol. The fourth-order valence-electron chi connectivity index (χ4n) is 2.85. The van der Waals surface area contributed by atoms with Crippen molar-refractivity contribution in [1.29, 1.82) is 0 Å². The van der Waals surface area contributed by atoms with Crippen LogP contribution in [0.3, 0.4) is 0 Å². The lowest BCUT2D eigenvalue weighted by Crippen LogP contribution is -2.42. The minimum Gasteiger partial charge on any atom is -0.478 e. The Kier molecular flexibility index (Phi) is 8.19. The lowest BCUT2D eigenvalue weighted by atomic mass is 9.99. The van der Waals surface area contributed by atoms with E-state index in [9.17, 15) is 19.2 Å². The number of hydrogen-bond acceptors (Lipinski definition) is 5. The fourth-order valence-corrected chi connectivity index (χ4v) is 2.85. The van der Waals surface area contributed by atoms with E-state index in [1.54, 1.807) is 24.3 Å². The van der Waals surface area contributed by atoms with Crippen LogP contribution < -0.4 is 11.1 Å². The molecule has 0 bridgehead atoms. The van der Waals surface area contributed by atoms with E-state index in [4.69, 9.17) is 10.8 Å². The Bertz CT molecular complexity index is 936. The maximum atomic E-state index is 12.6.